The topological polar surface area (TPSA) is 73.6 Å². The Balaban J connectivity index is 2.58. The van der Waals surface area contributed by atoms with Crippen LogP contribution in [0.1, 0.15) is 11.1 Å². The van der Waals surface area contributed by atoms with Gasteiger partial charge in [-0.1, -0.05) is 0 Å². The molecule has 110 valence electrons. The van der Waals surface area contributed by atoms with E-state index in [0.29, 0.717) is 12.1 Å². The smallest absolute Gasteiger partial charge is 0.393 e. The zero-order chi connectivity index (χ0) is 15.1. The molecule has 2 aromatic heterocycles. The third-order valence-corrected chi connectivity index (χ3v) is 2.69. The number of rotatable bonds is 3. The second-order valence-electron chi connectivity index (χ2n) is 4.72. The van der Waals surface area contributed by atoms with Crippen LogP contribution in [0.2, 0.25) is 0 Å². The van der Waals surface area contributed by atoms with E-state index in [1.807, 2.05) is 0 Å². The molecular weight excluding hydrogens is 277 g/mol. The van der Waals surface area contributed by atoms with Gasteiger partial charge in [-0.25, -0.2) is 0 Å². The van der Waals surface area contributed by atoms with Gasteiger partial charge in [0.15, 0.2) is 0 Å². The molecule has 0 bridgehead atoms. The van der Waals surface area contributed by atoms with Crippen molar-refractivity contribution in [2.24, 2.45) is 0 Å². The van der Waals surface area contributed by atoms with Crippen LogP contribution in [0.25, 0.3) is 5.65 Å². The summed E-state index contributed by atoms with van der Waals surface area (Å²) in [6.07, 6.45) is -4.70. The summed E-state index contributed by atoms with van der Waals surface area (Å²) in [7, 11) is 3.58. The number of H-pyrrole nitrogens is 1. The summed E-state index contributed by atoms with van der Waals surface area (Å²) in [5, 5.41) is 13.6. The van der Waals surface area contributed by atoms with Crippen molar-refractivity contribution in [1.82, 2.24) is 19.5 Å². The van der Waals surface area contributed by atoms with Crippen LogP contribution in [0.4, 0.5) is 13.2 Å². The number of nitrogens with one attached hydrogen (secondary N) is 1. The quantitative estimate of drug-likeness (QED) is 0.880. The molecule has 0 aliphatic carbocycles. The van der Waals surface area contributed by atoms with Crippen molar-refractivity contribution in [3.05, 3.63) is 27.7 Å². The molecule has 0 aromatic carbocycles. The minimum atomic E-state index is -4.59. The van der Waals surface area contributed by atoms with Crippen LogP contribution in [0.5, 0.6) is 5.88 Å². The van der Waals surface area contributed by atoms with Gasteiger partial charge in [0.05, 0.1) is 18.2 Å². The number of fused-ring (bicyclic) bond motifs is 1. The lowest BCUT2D eigenvalue weighted by atomic mass is 10.2. The first-order valence-corrected chi connectivity index (χ1v) is 5.71. The largest absolute Gasteiger partial charge is 0.493 e. The van der Waals surface area contributed by atoms with Crippen molar-refractivity contribution in [2.75, 3.05) is 14.1 Å². The Kier molecular flexibility index (Phi) is 3.46. The molecule has 0 atom stereocenters. The molecule has 0 amide bonds. The molecule has 0 aliphatic heterocycles. The number of halogens is 3. The van der Waals surface area contributed by atoms with Gasteiger partial charge < -0.3 is 15.0 Å². The average molecular weight is 290 g/mol. The third kappa shape index (κ3) is 2.77. The summed E-state index contributed by atoms with van der Waals surface area (Å²) >= 11 is 0. The highest BCUT2D eigenvalue weighted by molar-refractivity contribution is 5.49. The van der Waals surface area contributed by atoms with Crippen LogP contribution in [-0.2, 0) is 13.0 Å². The van der Waals surface area contributed by atoms with E-state index in [2.05, 4.69) is 10.1 Å². The Morgan fingerprint density at radius 3 is 2.65 bits per heavy atom. The van der Waals surface area contributed by atoms with E-state index in [1.54, 1.807) is 19.0 Å². The number of aromatic nitrogens is 3. The molecule has 2 aromatic rings. The summed E-state index contributed by atoms with van der Waals surface area (Å²) in [6, 6.07) is 0. The predicted molar refractivity (Wildman–Crippen MR) is 64.6 cm³/mol. The van der Waals surface area contributed by atoms with Crippen LogP contribution in [0.3, 0.4) is 0 Å². The van der Waals surface area contributed by atoms with Crippen molar-refractivity contribution in [3.63, 3.8) is 0 Å². The fourth-order valence-electron chi connectivity index (χ4n) is 1.90. The van der Waals surface area contributed by atoms with E-state index >= 15 is 0 Å². The second-order valence-corrected chi connectivity index (χ2v) is 4.72. The van der Waals surface area contributed by atoms with Gasteiger partial charge in [0, 0.05) is 12.1 Å². The first kappa shape index (κ1) is 14.4. The summed E-state index contributed by atoms with van der Waals surface area (Å²) < 4.78 is 38.0. The summed E-state index contributed by atoms with van der Waals surface area (Å²) in [5.74, 6) is -0.786. The number of hydrogen-bond donors (Lipinski definition) is 2. The lowest BCUT2D eigenvalue weighted by Crippen LogP contribution is -2.23. The Bertz CT molecular complexity index is 687. The van der Waals surface area contributed by atoms with Crippen LogP contribution < -0.4 is 5.56 Å². The van der Waals surface area contributed by atoms with E-state index in [0.717, 1.165) is 4.52 Å². The summed E-state index contributed by atoms with van der Waals surface area (Å²) in [4.78, 5) is 15.8. The molecule has 2 heterocycles. The van der Waals surface area contributed by atoms with Crippen molar-refractivity contribution in [2.45, 2.75) is 19.1 Å². The predicted octanol–water partition coefficient (Wildman–Crippen LogP) is 0.895. The van der Waals surface area contributed by atoms with E-state index in [9.17, 15) is 23.1 Å². The second kappa shape index (κ2) is 4.82. The monoisotopic (exact) mass is 290 g/mol. The number of aromatic hydroxyl groups is 1. The van der Waals surface area contributed by atoms with Crippen LogP contribution in [-0.4, -0.2) is 44.9 Å². The van der Waals surface area contributed by atoms with E-state index < -0.39 is 29.6 Å². The van der Waals surface area contributed by atoms with Gasteiger partial charge in [0.1, 0.15) is 5.65 Å². The number of hydrogen-bond acceptors (Lipinski definition) is 4. The van der Waals surface area contributed by atoms with Crippen molar-refractivity contribution in [3.8, 4) is 5.88 Å². The maximum Gasteiger partial charge on any atom is 0.393 e. The first-order valence-electron chi connectivity index (χ1n) is 5.71. The van der Waals surface area contributed by atoms with E-state index in [4.69, 9.17) is 0 Å². The van der Waals surface area contributed by atoms with Gasteiger partial charge in [0.2, 0.25) is 5.88 Å². The molecule has 0 unspecified atom stereocenters. The molecule has 2 N–H and O–H groups in total. The van der Waals surface area contributed by atoms with Gasteiger partial charge >= 0.3 is 6.18 Å². The first-order chi connectivity index (χ1) is 9.19. The fourth-order valence-corrected chi connectivity index (χ4v) is 1.90. The molecule has 20 heavy (non-hydrogen) atoms. The normalized spacial score (nSPS) is 12.5. The Hall–Kier alpha value is -2.03. The molecule has 9 heteroatoms. The standard InChI is InChI=1S/C11H13F3N4O2/c1-17(2)5-6-4-15-18-8(6)16-9(19)7(10(18)20)3-11(12,13)14/h4,20H,3,5H2,1-2H3,(H,16,19). The van der Waals surface area contributed by atoms with Crippen LogP contribution >= 0.6 is 0 Å². The van der Waals surface area contributed by atoms with Gasteiger partial charge in [-0.2, -0.15) is 22.8 Å². The molecule has 0 spiro atoms. The molecule has 2 rings (SSSR count). The van der Waals surface area contributed by atoms with Gasteiger partial charge in [-0.05, 0) is 14.1 Å². The molecule has 6 nitrogen and oxygen atoms in total. The highest BCUT2D eigenvalue weighted by Crippen LogP contribution is 2.25. The zero-order valence-electron chi connectivity index (χ0n) is 10.8. The minimum Gasteiger partial charge on any atom is -0.493 e. The molecule has 0 saturated carbocycles. The van der Waals surface area contributed by atoms with Crippen molar-refractivity contribution >= 4 is 5.65 Å². The number of alkyl halides is 3. The van der Waals surface area contributed by atoms with E-state index in [-0.39, 0.29) is 5.65 Å². The van der Waals surface area contributed by atoms with Gasteiger partial charge in [0.25, 0.3) is 5.56 Å². The highest BCUT2D eigenvalue weighted by Gasteiger charge is 2.32. The third-order valence-electron chi connectivity index (χ3n) is 2.69. The van der Waals surface area contributed by atoms with Crippen molar-refractivity contribution < 1.29 is 18.3 Å². The van der Waals surface area contributed by atoms with Gasteiger partial charge in [-0.3, -0.25) is 4.79 Å². The lowest BCUT2D eigenvalue weighted by molar-refractivity contribution is -0.127. The molecule has 0 radical (unpaired) electrons. The van der Waals surface area contributed by atoms with Crippen LogP contribution in [0.15, 0.2) is 11.0 Å². The molecule has 0 aliphatic rings. The SMILES string of the molecule is CN(C)Cc1cnn2c(O)c(CC(F)(F)F)c(=O)[nH]c12. The Morgan fingerprint density at radius 2 is 2.10 bits per heavy atom. The Morgan fingerprint density at radius 1 is 1.45 bits per heavy atom. The zero-order valence-corrected chi connectivity index (χ0v) is 10.8. The molecule has 0 fully saturated rings. The molecular formula is C11H13F3N4O2. The Labute approximate surface area is 111 Å². The van der Waals surface area contributed by atoms with E-state index in [1.165, 1.54) is 6.20 Å². The van der Waals surface area contributed by atoms with Crippen molar-refractivity contribution in [1.29, 1.82) is 0 Å². The average Bonchev–Trinajstić information content (AvgIpc) is 2.66. The minimum absolute atomic E-state index is 0.187. The summed E-state index contributed by atoms with van der Waals surface area (Å²) in [6.45, 7) is 0.428. The maximum atomic E-state index is 12.4. The highest BCUT2D eigenvalue weighted by atomic mass is 19.4. The number of aromatic amines is 1. The van der Waals surface area contributed by atoms with Crippen LogP contribution in [0, 0.1) is 0 Å². The molecule has 0 saturated heterocycles. The number of nitrogens with zero attached hydrogens (tertiary/aromatic N) is 3. The summed E-state index contributed by atoms with van der Waals surface area (Å²) in [5.41, 5.74) is -0.926. The maximum absolute atomic E-state index is 12.4. The van der Waals surface area contributed by atoms with Gasteiger partial charge in [-0.15, -0.1) is 0 Å². The lowest BCUT2D eigenvalue weighted by Gasteiger charge is -2.10. The fraction of sp³-hybridized carbons (Fsp3) is 0.455.